The van der Waals surface area contributed by atoms with E-state index in [-0.39, 0.29) is 12.2 Å². The fraction of sp³-hybridized carbons (Fsp3) is 0.357. The summed E-state index contributed by atoms with van der Waals surface area (Å²) in [6.07, 6.45) is 0.959. The van der Waals surface area contributed by atoms with Crippen LogP contribution in [0.15, 0.2) is 18.3 Å². The quantitative estimate of drug-likeness (QED) is 0.910. The minimum absolute atomic E-state index is 0.0287. The van der Waals surface area contributed by atoms with Gasteiger partial charge in [0.15, 0.2) is 5.69 Å². The van der Waals surface area contributed by atoms with Crippen LogP contribution in [0.4, 0.5) is 4.79 Å². The molecule has 2 heterocycles. The second kappa shape index (κ2) is 5.69. The third kappa shape index (κ3) is 3.91. The second-order valence-corrected chi connectivity index (χ2v) is 6.59. The Morgan fingerprint density at radius 2 is 2.14 bits per heavy atom. The molecular formula is C14H16N2O4S. The molecule has 0 radical (unpaired) electrons. The van der Waals surface area contributed by atoms with Gasteiger partial charge >= 0.3 is 12.1 Å². The van der Waals surface area contributed by atoms with Gasteiger partial charge in [-0.05, 0) is 38.3 Å². The maximum atomic E-state index is 11.6. The molecule has 0 atom stereocenters. The van der Waals surface area contributed by atoms with Gasteiger partial charge in [-0.15, -0.1) is 11.3 Å². The van der Waals surface area contributed by atoms with Crippen LogP contribution in [0, 0.1) is 0 Å². The summed E-state index contributed by atoms with van der Waals surface area (Å²) in [4.78, 5) is 27.4. The number of fused-ring (bicyclic) bond motifs is 1. The fourth-order valence-electron chi connectivity index (χ4n) is 1.73. The van der Waals surface area contributed by atoms with E-state index in [4.69, 9.17) is 9.84 Å². The maximum Gasteiger partial charge on any atom is 0.407 e. The first-order chi connectivity index (χ1) is 9.76. The van der Waals surface area contributed by atoms with E-state index in [9.17, 15) is 9.59 Å². The zero-order valence-electron chi connectivity index (χ0n) is 12.0. The molecule has 2 rings (SSSR count). The van der Waals surface area contributed by atoms with Crippen LogP contribution in [0.3, 0.4) is 0 Å². The van der Waals surface area contributed by atoms with Crippen LogP contribution in [0.1, 0.15) is 36.1 Å². The summed E-state index contributed by atoms with van der Waals surface area (Å²) < 4.78 is 5.75. The van der Waals surface area contributed by atoms with E-state index in [0.717, 1.165) is 10.3 Å². The number of ether oxygens (including phenoxy) is 1. The molecule has 0 aliphatic carbocycles. The van der Waals surface area contributed by atoms with Crippen molar-refractivity contribution in [3.63, 3.8) is 0 Å². The molecule has 0 spiro atoms. The van der Waals surface area contributed by atoms with Crippen molar-refractivity contribution in [1.29, 1.82) is 0 Å². The van der Waals surface area contributed by atoms with Gasteiger partial charge in [-0.2, -0.15) is 0 Å². The molecule has 1 amide bonds. The predicted molar refractivity (Wildman–Crippen MR) is 79.7 cm³/mol. The van der Waals surface area contributed by atoms with Crippen molar-refractivity contribution in [1.82, 2.24) is 10.3 Å². The fourth-order valence-corrected chi connectivity index (χ4v) is 2.80. The maximum absolute atomic E-state index is 11.6. The topological polar surface area (TPSA) is 88.5 Å². The second-order valence-electron chi connectivity index (χ2n) is 5.45. The molecule has 6 nitrogen and oxygen atoms in total. The highest BCUT2D eigenvalue weighted by Crippen LogP contribution is 2.27. The van der Waals surface area contributed by atoms with E-state index >= 15 is 0 Å². The van der Waals surface area contributed by atoms with E-state index < -0.39 is 17.7 Å². The molecule has 2 aromatic heterocycles. The monoisotopic (exact) mass is 308 g/mol. The summed E-state index contributed by atoms with van der Waals surface area (Å²) in [5.41, 5.74) is -0.522. The van der Waals surface area contributed by atoms with Crippen molar-refractivity contribution >= 4 is 33.5 Å². The molecule has 2 aromatic rings. The number of rotatable bonds is 3. The Morgan fingerprint density at radius 3 is 2.76 bits per heavy atom. The van der Waals surface area contributed by atoms with Crippen LogP contribution in [0.25, 0.3) is 10.1 Å². The Hall–Kier alpha value is -2.15. The van der Waals surface area contributed by atoms with Crippen LogP contribution in [-0.2, 0) is 11.3 Å². The molecule has 0 aromatic carbocycles. The van der Waals surface area contributed by atoms with Crippen molar-refractivity contribution in [3.8, 4) is 0 Å². The number of carbonyl (C=O) groups excluding carboxylic acids is 1. The number of nitrogens with zero attached hydrogens (tertiary/aromatic N) is 1. The Bertz CT molecular complexity index is 688. The minimum atomic E-state index is -1.06. The van der Waals surface area contributed by atoms with Crippen molar-refractivity contribution in [3.05, 3.63) is 28.9 Å². The van der Waals surface area contributed by atoms with E-state index in [1.807, 2.05) is 6.07 Å². The summed E-state index contributed by atoms with van der Waals surface area (Å²) in [7, 11) is 0. The number of nitrogens with one attached hydrogen (secondary N) is 1. The van der Waals surface area contributed by atoms with Gasteiger partial charge in [0.2, 0.25) is 0 Å². The molecule has 0 aliphatic heterocycles. The standard InChI is InChI=1S/C14H16N2O4S/c1-14(2,3)20-13(19)16-7-9-6-8-4-5-15-10(12(17)18)11(8)21-9/h4-6H,7H2,1-3H3,(H,16,19)(H,17,18). The SMILES string of the molecule is CC(C)(C)OC(=O)NCc1cc2ccnc(C(=O)O)c2s1. The third-order valence-electron chi connectivity index (χ3n) is 2.49. The largest absolute Gasteiger partial charge is 0.476 e. The number of carboxylic acid groups (broad SMARTS) is 1. The number of aromatic carboxylic acids is 1. The van der Waals surface area contributed by atoms with Crippen LogP contribution in [0.2, 0.25) is 0 Å². The van der Waals surface area contributed by atoms with Gasteiger partial charge in [-0.25, -0.2) is 14.6 Å². The van der Waals surface area contributed by atoms with Crippen molar-refractivity contribution in [2.24, 2.45) is 0 Å². The molecule has 0 fully saturated rings. The van der Waals surface area contributed by atoms with E-state index in [1.54, 1.807) is 26.8 Å². The lowest BCUT2D eigenvalue weighted by Gasteiger charge is -2.19. The van der Waals surface area contributed by atoms with Crippen molar-refractivity contribution < 1.29 is 19.4 Å². The zero-order valence-corrected chi connectivity index (χ0v) is 12.8. The van der Waals surface area contributed by atoms with Crippen LogP contribution < -0.4 is 5.32 Å². The van der Waals surface area contributed by atoms with Crippen LogP contribution >= 0.6 is 11.3 Å². The first-order valence-corrected chi connectivity index (χ1v) is 7.15. The van der Waals surface area contributed by atoms with Crippen molar-refractivity contribution in [2.75, 3.05) is 0 Å². The Balaban J connectivity index is 2.12. The highest BCUT2D eigenvalue weighted by atomic mass is 32.1. The average Bonchev–Trinajstić information content (AvgIpc) is 2.76. The van der Waals surface area contributed by atoms with Gasteiger partial charge in [-0.1, -0.05) is 0 Å². The molecule has 0 unspecified atom stereocenters. The van der Waals surface area contributed by atoms with E-state index in [1.165, 1.54) is 17.5 Å². The van der Waals surface area contributed by atoms with E-state index in [0.29, 0.717) is 4.70 Å². The minimum Gasteiger partial charge on any atom is -0.476 e. The molecule has 0 bridgehead atoms. The Labute approximate surface area is 125 Å². The number of thiophene rings is 1. The number of amides is 1. The van der Waals surface area contributed by atoms with Gasteiger partial charge < -0.3 is 15.2 Å². The smallest absolute Gasteiger partial charge is 0.407 e. The van der Waals surface area contributed by atoms with Crippen molar-refractivity contribution in [2.45, 2.75) is 32.9 Å². The first kappa shape index (κ1) is 15.2. The first-order valence-electron chi connectivity index (χ1n) is 6.34. The molecular weight excluding hydrogens is 292 g/mol. The molecule has 2 N–H and O–H groups in total. The number of carbonyl (C=O) groups is 2. The number of alkyl carbamates (subject to hydrolysis) is 1. The Morgan fingerprint density at radius 1 is 1.43 bits per heavy atom. The number of hydrogen-bond acceptors (Lipinski definition) is 5. The third-order valence-corrected chi connectivity index (χ3v) is 3.65. The lowest BCUT2D eigenvalue weighted by Crippen LogP contribution is -2.31. The normalized spacial score (nSPS) is 11.4. The average molecular weight is 308 g/mol. The number of pyridine rings is 1. The number of hydrogen-bond donors (Lipinski definition) is 2. The number of aromatic nitrogens is 1. The molecule has 0 saturated carbocycles. The Kier molecular flexibility index (Phi) is 4.13. The van der Waals surface area contributed by atoms with Gasteiger partial charge in [0.05, 0.1) is 11.2 Å². The van der Waals surface area contributed by atoms with Crippen LogP contribution in [0.5, 0.6) is 0 Å². The molecule has 7 heteroatoms. The lowest BCUT2D eigenvalue weighted by atomic mass is 10.2. The molecule has 0 saturated heterocycles. The van der Waals surface area contributed by atoms with Crippen LogP contribution in [-0.4, -0.2) is 27.8 Å². The summed E-state index contributed by atoms with van der Waals surface area (Å²) in [5.74, 6) is -1.06. The summed E-state index contributed by atoms with van der Waals surface area (Å²) >= 11 is 1.30. The van der Waals surface area contributed by atoms with Gasteiger partial charge in [0.25, 0.3) is 0 Å². The van der Waals surface area contributed by atoms with Gasteiger partial charge in [-0.3, -0.25) is 0 Å². The molecule has 0 aliphatic rings. The lowest BCUT2D eigenvalue weighted by molar-refractivity contribution is 0.0523. The zero-order chi connectivity index (χ0) is 15.6. The molecule has 21 heavy (non-hydrogen) atoms. The summed E-state index contributed by atoms with van der Waals surface area (Å²) in [5, 5.41) is 12.5. The van der Waals surface area contributed by atoms with E-state index in [2.05, 4.69) is 10.3 Å². The predicted octanol–water partition coefficient (Wildman–Crippen LogP) is 3.02. The number of carboxylic acids is 1. The van der Waals surface area contributed by atoms with Gasteiger partial charge in [0, 0.05) is 11.1 Å². The highest BCUT2D eigenvalue weighted by molar-refractivity contribution is 7.19. The molecule has 112 valence electrons. The summed E-state index contributed by atoms with van der Waals surface area (Å²) in [6.45, 7) is 5.65. The highest BCUT2D eigenvalue weighted by Gasteiger charge is 2.17. The van der Waals surface area contributed by atoms with Gasteiger partial charge in [0.1, 0.15) is 5.60 Å². The summed E-state index contributed by atoms with van der Waals surface area (Å²) in [6, 6.07) is 3.58.